The molecule has 0 bridgehead atoms. The number of rotatable bonds is 1. The normalized spacial score (nSPS) is 16.0. The topological polar surface area (TPSA) is 58.7 Å². The minimum Gasteiger partial charge on any atom is -0.289 e. The summed E-state index contributed by atoms with van der Waals surface area (Å²) in [6.45, 7) is 0. The Bertz CT molecular complexity index is 762. The monoisotopic (exact) mass is 263 g/mol. The standard InChI is InChI=1S/C16H13N3O/c1-19-15-6-5-13(16(20)14(15)10-18-19)8-11-3-2-4-12(7-11)9-17/h2-4,7-8,10H,5-6H2,1H3. The first kappa shape index (κ1) is 12.4. The highest BCUT2D eigenvalue weighted by Gasteiger charge is 2.24. The Morgan fingerprint density at radius 3 is 3.05 bits per heavy atom. The quantitative estimate of drug-likeness (QED) is 0.743. The highest BCUT2D eigenvalue weighted by molar-refractivity contribution is 6.12. The molecule has 1 heterocycles. The second-order valence-corrected chi connectivity index (χ2v) is 4.86. The van der Waals surface area contributed by atoms with Crippen molar-refractivity contribution >= 4 is 11.9 Å². The third kappa shape index (κ3) is 2.04. The number of carbonyl (C=O) groups excluding carboxylic acids is 1. The average molecular weight is 263 g/mol. The first-order valence-electron chi connectivity index (χ1n) is 6.45. The fourth-order valence-electron chi connectivity index (χ4n) is 2.53. The number of benzene rings is 1. The number of hydrogen-bond acceptors (Lipinski definition) is 3. The van der Waals surface area contributed by atoms with E-state index in [1.54, 1.807) is 23.0 Å². The van der Waals surface area contributed by atoms with Gasteiger partial charge in [0.25, 0.3) is 0 Å². The van der Waals surface area contributed by atoms with Gasteiger partial charge in [0.15, 0.2) is 5.78 Å². The van der Waals surface area contributed by atoms with Gasteiger partial charge in [0.1, 0.15) is 0 Å². The highest BCUT2D eigenvalue weighted by Crippen LogP contribution is 2.26. The van der Waals surface area contributed by atoms with E-state index in [0.29, 0.717) is 17.5 Å². The summed E-state index contributed by atoms with van der Waals surface area (Å²) in [5.74, 6) is 0.0433. The van der Waals surface area contributed by atoms with E-state index in [1.807, 2.05) is 25.3 Å². The number of nitrogens with zero attached hydrogens (tertiary/aromatic N) is 3. The van der Waals surface area contributed by atoms with Crippen molar-refractivity contribution in [2.45, 2.75) is 12.8 Å². The molecule has 1 aromatic heterocycles. The molecule has 3 rings (SSSR count). The summed E-state index contributed by atoms with van der Waals surface area (Å²) in [4.78, 5) is 12.4. The van der Waals surface area contributed by atoms with Gasteiger partial charge in [-0.15, -0.1) is 0 Å². The first-order valence-corrected chi connectivity index (χ1v) is 6.45. The molecular weight excluding hydrogens is 250 g/mol. The zero-order valence-electron chi connectivity index (χ0n) is 11.1. The zero-order chi connectivity index (χ0) is 14.1. The third-order valence-corrected chi connectivity index (χ3v) is 3.59. The van der Waals surface area contributed by atoms with Crippen LogP contribution in [0.2, 0.25) is 0 Å². The van der Waals surface area contributed by atoms with E-state index in [0.717, 1.165) is 23.3 Å². The van der Waals surface area contributed by atoms with Crippen molar-refractivity contribution in [3.63, 3.8) is 0 Å². The van der Waals surface area contributed by atoms with Gasteiger partial charge in [-0.3, -0.25) is 9.48 Å². The molecule has 20 heavy (non-hydrogen) atoms. The molecule has 0 spiro atoms. The van der Waals surface area contributed by atoms with Crippen LogP contribution < -0.4 is 0 Å². The average Bonchev–Trinajstić information content (AvgIpc) is 2.84. The SMILES string of the molecule is Cn1ncc2c1CCC(=Cc1cccc(C#N)c1)C2=O. The number of nitriles is 1. The van der Waals surface area contributed by atoms with Crippen LogP contribution >= 0.6 is 0 Å². The van der Waals surface area contributed by atoms with Gasteiger partial charge >= 0.3 is 0 Å². The van der Waals surface area contributed by atoms with E-state index in [2.05, 4.69) is 11.2 Å². The third-order valence-electron chi connectivity index (χ3n) is 3.59. The molecular formula is C16H13N3O. The number of aromatic nitrogens is 2. The molecule has 1 aromatic carbocycles. The second kappa shape index (κ2) is 4.78. The largest absolute Gasteiger partial charge is 0.289 e. The van der Waals surface area contributed by atoms with Crippen LogP contribution in [-0.4, -0.2) is 15.6 Å². The van der Waals surface area contributed by atoms with Crippen LogP contribution in [0.15, 0.2) is 36.0 Å². The Balaban J connectivity index is 1.98. The van der Waals surface area contributed by atoms with Gasteiger partial charge in [0.05, 0.1) is 23.4 Å². The maximum Gasteiger partial charge on any atom is 0.192 e. The molecule has 4 heteroatoms. The molecule has 0 unspecified atom stereocenters. The number of hydrogen-bond donors (Lipinski definition) is 0. The number of fused-ring (bicyclic) bond motifs is 1. The summed E-state index contributed by atoms with van der Waals surface area (Å²) >= 11 is 0. The van der Waals surface area contributed by atoms with Crippen LogP contribution in [0.3, 0.4) is 0 Å². The molecule has 0 amide bonds. The number of allylic oxidation sites excluding steroid dienone is 1. The Morgan fingerprint density at radius 2 is 2.25 bits per heavy atom. The van der Waals surface area contributed by atoms with Crippen LogP contribution in [0, 0.1) is 11.3 Å². The smallest absolute Gasteiger partial charge is 0.192 e. The van der Waals surface area contributed by atoms with Gasteiger partial charge in [-0.25, -0.2) is 0 Å². The van der Waals surface area contributed by atoms with Gasteiger partial charge in [0.2, 0.25) is 0 Å². The van der Waals surface area contributed by atoms with E-state index in [-0.39, 0.29) is 5.78 Å². The van der Waals surface area contributed by atoms with E-state index in [1.165, 1.54) is 0 Å². The van der Waals surface area contributed by atoms with E-state index in [9.17, 15) is 4.79 Å². The molecule has 0 radical (unpaired) electrons. The van der Waals surface area contributed by atoms with Crippen molar-refractivity contribution in [1.29, 1.82) is 5.26 Å². The minimum atomic E-state index is 0.0433. The lowest BCUT2D eigenvalue weighted by molar-refractivity contribution is 0.102. The number of carbonyl (C=O) groups is 1. The minimum absolute atomic E-state index is 0.0433. The molecule has 0 fully saturated rings. The van der Waals surface area contributed by atoms with Crippen molar-refractivity contribution in [2.75, 3.05) is 0 Å². The molecule has 0 atom stereocenters. The van der Waals surface area contributed by atoms with Gasteiger partial charge in [0, 0.05) is 18.3 Å². The first-order chi connectivity index (χ1) is 9.69. The van der Waals surface area contributed by atoms with E-state index in [4.69, 9.17) is 5.26 Å². The summed E-state index contributed by atoms with van der Waals surface area (Å²) in [6.07, 6.45) is 5.04. The highest BCUT2D eigenvalue weighted by atomic mass is 16.1. The molecule has 1 aliphatic rings. The Morgan fingerprint density at radius 1 is 1.40 bits per heavy atom. The van der Waals surface area contributed by atoms with Crippen LogP contribution in [0.5, 0.6) is 0 Å². The van der Waals surface area contributed by atoms with Crippen molar-refractivity contribution in [3.8, 4) is 6.07 Å². The predicted molar refractivity (Wildman–Crippen MR) is 75.0 cm³/mol. The number of Topliss-reactive ketones (excluding diaryl/α,β-unsaturated/α-hetero) is 1. The maximum atomic E-state index is 12.4. The lowest BCUT2D eigenvalue weighted by Gasteiger charge is -2.14. The Kier molecular flexibility index (Phi) is 2.96. The predicted octanol–water partition coefficient (Wildman–Crippen LogP) is 2.50. The van der Waals surface area contributed by atoms with E-state index < -0.39 is 0 Å². The molecule has 0 saturated carbocycles. The Hall–Kier alpha value is -2.67. The summed E-state index contributed by atoms with van der Waals surface area (Å²) in [6, 6.07) is 9.38. The molecule has 0 saturated heterocycles. The van der Waals surface area contributed by atoms with Crippen molar-refractivity contribution < 1.29 is 4.79 Å². The summed E-state index contributed by atoms with van der Waals surface area (Å²) in [5.41, 5.74) is 3.96. The number of aryl methyl sites for hydroxylation is 1. The van der Waals surface area contributed by atoms with Crippen molar-refractivity contribution in [2.24, 2.45) is 7.05 Å². The van der Waals surface area contributed by atoms with Gasteiger partial charge in [-0.2, -0.15) is 10.4 Å². The fraction of sp³-hybridized carbons (Fsp3) is 0.188. The van der Waals surface area contributed by atoms with Crippen LogP contribution in [-0.2, 0) is 13.5 Å². The Labute approximate surface area is 117 Å². The van der Waals surface area contributed by atoms with E-state index >= 15 is 0 Å². The zero-order valence-corrected chi connectivity index (χ0v) is 11.1. The fourth-order valence-corrected chi connectivity index (χ4v) is 2.53. The lowest BCUT2D eigenvalue weighted by Crippen LogP contribution is -2.14. The molecule has 1 aliphatic carbocycles. The summed E-state index contributed by atoms with van der Waals surface area (Å²) < 4.78 is 1.76. The number of ketones is 1. The molecule has 4 nitrogen and oxygen atoms in total. The van der Waals surface area contributed by atoms with Crippen LogP contribution in [0.4, 0.5) is 0 Å². The summed E-state index contributed by atoms with van der Waals surface area (Å²) in [7, 11) is 1.86. The van der Waals surface area contributed by atoms with Crippen molar-refractivity contribution in [3.05, 3.63) is 58.4 Å². The maximum absolute atomic E-state index is 12.4. The van der Waals surface area contributed by atoms with Gasteiger partial charge in [-0.05, 0) is 36.6 Å². The van der Waals surface area contributed by atoms with Gasteiger partial charge < -0.3 is 0 Å². The second-order valence-electron chi connectivity index (χ2n) is 4.86. The molecule has 0 N–H and O–H groups in total. The lowest BCUT2D eigenvalue weighted by atomic mass is 9.90. The summed E-state index contributed by atoms with van der Waals surface area (Å²) in [5, 5.41) is 13.0. The van der Waals surface area contributed by atoms with Crippen molar-refractivity contribution in [1.82, 2.24) is 9.78 Å². The van der Waals surface area contributed by atoms with Crippen LogP contribution in [0.25, 0.3) is 6.08 Å². The molecule has 2 aromatic rings. The molecule has 0 aliphatic heterocycles. The van der Waals surface area contributed by atoms with Gasteiger partial charge in [-0.1, -0.05) is 12.1 Å². The molecule has 98 valence electrons. The van der Waals surface area contributed by atoms with Crippen LogP contribution in [0.1, 0.15) is 33.6 Å².